The molecule has 0 bridgehead atoms. The minimum Gasteiger partial charge on any atom is -0.351 e. The summed E-state index contributed by atoms with van der Waals surface area (Å²) in [6, 6.07) is 15.0. The van der Waals surface area contributed by atoms with Gasteiger partial charge in [0, 0.05) is 24.7 Å². The molecule has 3 aromatic rings. The molecule has 0 unspecified atom stereocenters. The molecule has 1 aromatic heterocycles. The number of para-hydroxylation sites is 1. The summed E-state index contributed by atoms with van der Waals surface area (Å²) in [7, 11) is 0. The van der Waals surface area contributed by atoms with Crippen LogP contribution >= 0.6 is 22.9 Å². The lowest BCUT2D eigenvalue weighted by Crippen LogP contribution is -2.37. The van der Waals surface area contributed by atoms with Crippen molar-refractivity contribution in [3.8, 4) is 0 Å². The molecule has 2 aromatic carbocycles. The highest BCUT2D eigenvalue weighted by Crippen LogP contribution is 2.23. The van der Waals surface area contributed by atoms with Gasteiger partial charge in [0.25, 0.3) is 5.91 Å². The van der Waals surface area contributed by atoms with E-state index in [2.05, 4.69) is 16.9 Å². The third-order valence-electron chi connectivity index (χ3n) is 3.89. The van der Waals surface area contributed by atoms with Gasteiger partial charge in [0.05, 0.1) is 10.2 Å². The Labute approximate surface area is 166 Å². The Morgan fingerprint density at radius 3 is 2.78 bits per heavy atom. The molecule has 0 saturated carbocycles. The topological polar surface area (TPSA) is 62.3 Å². The van der Waals surface area contributed by atoms with Crippen molar-refractivity contribution >= 4 is 45.0 Å². The van der Waals surface area contributed by atoms with Gasteiger partial charge < -0.3 is 10.2 Å². The van der Waals surface area contributed by atoms with Crippen LogP contribution in [-0.2, 0) is 11.3 Å². The molecule has 0 fully saturated rings. The predicted octanol–water partition coefficient (Wildman–Crippen LogP) is 3.89. The van der Waals surface area contributed by atoms with Gasteiger partial charge in [-0.25, -0.2) is 4.98 Å². The van der Waals surface area contributed by atoms with E-state index in [0.717, 1.165) is 15.8 Å². The molecule has 1 N–H and O–H groups in total. The number of carbonyl (C=O) groups is 2. The highest BCUT2D eigenvalue weighted by Gasteiger charge is 2.20. The van der Waals surface area contributed by atoms with Crippen LogP contribution in [-0.4, -0.2) is 34.8 Å². The normalized spacial score (nSPS) is 10.6. The lowest BCUT2D eigenvalue weighted by atomic mass is 10.2. The molecule has 27 heavy (non-hydrogen) atoms. The summed E-state index contributed by atoms with van der Waals surface area (Å²) >= 11 is 7.42. The van der Waals surface area contributed by atoms with Crippen molar-refractivity contribution in [1.82, 2.24) is 15.2 Å². The van der Waals surface area contributed by atoms with Crippen molar-refractivity contribution in [3.05, 3.63) is 76.8 Å². The zero-order chi connectivity index (χ0) is 19.2. The van der Waals surface area contributed by atoms with Gasteiger partial charge in [0.15, 0.2) is 5.01 Å². The number of nitrogens with zero attached hydrogens (tertiary/aromatic N) is 2. The van der Waals surface area contributed by atoms with E-state index in [0.29, 0.717) is 29.7 Å². The second-order valence-electron chi connectivity index (χ2n) is 5.84. The first-order valence-electron chi connectivity index (χ1n) is 8.36. The third kappa shape index (κ3) is 4.93. The third-order valence-corrected chi connectivity index (χ3v) is 5.15. The Bertz CT molecular complexity index is 953. The minimum atomic E-state index is -0.273. The maximum Gasteiger partial charge on any atom is 0.283 e. The zero-order valence-corrected chi connectivity index (χ0v) is 16.1. The molecule has 0 aliphatic rings. The second kappa shape index (κ2) is 8.79. The fourth-order valence-electron chi connectivity index (χ4n) is 2.59. The standard InChI is InChI=1S/C20H18ClN3O2S/c1-2-18(25)22-10-11-24(13-14-6-5-7-15(21)12-14)20(26)19-23-16-8-3-4-9-17(16)27-19/h2-9,12H,1,10-11,13H2,(H,22,25). The van der Waals surface area contributed by atoms with E-state index in [1.165, 1.54) is 17.4 Å². The molecule has 7 heteroatoms. The first-order chi connectivity index (χ1) is 13.1. The van der Waals surface area contributed by atoms with Crippen LogP contribution in [0.25, 0.3) is 10.2 Å². The molecule has 0 aliphatic heterocycles. The molecule has 0 spiro atoms. The summed E-state index contributed by atoms with van der Waals surface area (Å²) in [6.45, 7) is 4.47. The highest BCUT2D eigenvalue weighted by molar-refractivity contribution is 7.20. The number of benzene rings is 2. The van der Waals surface area contributed by atoms with Crippen molar-refractivity contribution in [2.24, 2.45) is 0 Å². The Kier molecular flexibility index (Phi) is 6.21. The lowest BCUT2D eigenvalue weighted by Gasteiger charge is -2.22. The number of hydrogen-bond acceptors (Lipinski definition) is 4. The van der Waals surface area contributed by atoms with E-state index in [4.69, 9.17) is 11.6 Å². The summed E-state index contributed by atoms with van der Waals surface area (Å²) < 4.78 is 0.962. The first-order valence-corrected chi connectivity index (χ1v) is 9.56. The molecule has 0 radical (unpaired) electrons. The molecule has 0 atom stereocenters. The number of carbonyl (C=O) groups excluding carboxylic acids is 2. The van der Waals surface area contributed by atoms with Crippen molar-refractivity contribution in [2.45, 2.75) is 6.54 Å². The van der Waals surface area contributed by atoms with Gasteiger partial charge in [-0.3, -0.25) is 9.59 Å². The Balaban J connectivity index is 1.81. The predicted molar refractivity (Wildman–Crippen MR) is 109 cm³/mol. The minimum absolute atomic E-state index is 0.177. The average molecular weight is 400 g/mol. The molecule has 1 heterocycles. The van der Waals surface area contributed by atoms with E-state index in [1.807, 2.05) is 42.5 Å². The van der Waals surface area contributed by atoms with Gasteiger partial charge in [0.1, 0.15) is 0 Å². The van der Waals surface area contributed by atoms with Gasteiger partial charge in [-0.2, -0.15) is 0 Å². The van der Waals surface area contributed by atoms with Crippen LogP contribution in [0.15, 0.2) is 61.2 Å². The first kappa shape index (κ1) is 19.1. The lowest BCUT2D eigenvalue weighted by molar-refractivity contribution is -0.116. The number of amides is 2. The smallest absolute Gasteiger partial charge is 0.283 e. The maximum atomic E-state index is 13.1. The number of aromatic nitrogens is 1. The number of rotatable bonds is 7. The van der Waals surface area contributed by atoms with Gasteiger partial charge in [-0.15, -0.1) is 11.3 Å². The van der Waals surface area contributed by atoms with Crippen LogP contribution in [0.5, 0.6) is 0 Å². The van der Waals surface area contributed by atoms with E-state index in [-0.39, 0.29) is 11.8 Å². The molecule has 0 saturated heterocycles. The monoisotopic (exact) mass is 399 g/mol. The van der Waals surface area contributed by atoms with Gasteiger partial charge in [-0.05, 0) is 35.9 Å². The molecule has 2 amide bonds. The second-order valence-corrected chi connectivity index (χ2v) is 7.31. The molecular weight excluding hydrogens is 382 g/mol. The Hall–Kier alpha value is -2.70. The quantitative estimate of drug-likeness (QED) is 0.613. The van der Waals surface area contributed by atoms with Crippen LogP contribution in [0, 0.1) is 0 Å². The molecule has 0 aliphatic carbocycles. The van der Waals surface area contributed by atoms with Gasteiger partial charge >= 0.3 is 0 Å². The number of halogens is 1. The van der Waals surface area contributed by atoms with Crippen LogP contribution in [0.2, 0.25) is 5.02 Å². The molecule has 5 nitrogen and oxygen atoms in total. The van der Waals surface area contributed by atoms with E-state index in [9.17, 15) is 9.59 Å². The van der Waals surface area contributed by atoms with E-state index in [1.54, 1.807) is 11.0 Å². The van der Waals surface area contributed by atoms with Gasteiger partial charge in [-0.1, -0.05) is 42.4 Å². The van der Waals surface area contributed by atoms with E-state index >= 15 is 0 Å². The summed E-state index contributed by atoms with van der Waals surface area (Å²) in [6.07, 6.45) is 1.21. The highest BCUT2D eigenvalue weighted by atomic mass is 35.5. The summed E-state index contributed by atoms with van der Waals surface area (Å²) in [4.78, 5) is 30.6. The Morgan fingerprint density at radius 1 is 1.22 bits per heavy atom. The SMILES string of the molecule is C=CC(=O)NCCN(Cc1cccc(Cl)c1)C(=O)c1nc2ccccc2s1. The van der Waals surface area contributed by atoms with Crippen molar-refractivity contribution < 1.29 is 9.59 Å². The van der Waals surface area contributed by atoms with Gasteiger partial charge in [0.2, 0.25) is 5.91 Å². The molecule has 3 rings (SSSR count). The fourth-order valence-corrected chi connectivity index (χ4v) is 3.74. The van der Waals surface area contributed by atoms with Crippen molar-refractivity contribution in [1.29, 1.82) is 0 Å². The number of fused-ring (bicyclic) bond motifs is 1. The number of hydrogen-bond donors (Lipinski definition) is 1. The summed E-state index contributed by atoms with van der Waals surface area (Å²) in [5.74, 6) is -0.450. The fraction of sp³-hybridized carbons (Fsp3) is 0.150. The van der Waals surface area contributed by atoms with Crippen molar-refractivity contribution in [2.75, 3.05) is 13.1 Å². The maximum absolute atomic E-state index is 13.1. The zero-order valence-electron chi connectivity index (χ0n) is 14.5. The van der Waals surface area contributed by atoms with E-state index < -0.39 is 0 Å². The Morgan fingerprint density at radius 2 is 2.04 bits per heavy atom. The number of nitrogens with one attached hydrogen (secondary N) is 1. The average Bonchev–Trinajstić information content (AvgIpc) is 3.10. The molecular formula is C20H18ClN3O2S. The summed E-state index contributed by atoms with van der Waals surface area (Å²) in [5, 5.41) is 3.73. The molecule has 138 valence electrons. The van der Waals surface area contributed by atoms with Crippen molar-refractivity contribution in [3.63, 3.8) is 0 Å². The van der Waals surface area contributed by atoms with Crippen LogP contribution in [0.3, 0.4) is 0 Å². The van der Waals surface area contributed by atoms with Crippen LogP contribution in [0.4, 0.5) is 0 Å². The van der Waals surface area contributed by atoms with Crippen LogP contribution in [0.1, 0.15) is 15.4 Å². The van der Waals surface area contributed by atoms with Crippen LogP contribution < -0.4 is 5.32 Å². The number of thiazole rings is 1. The largest absolute Gasteiger partial charge is 0.351 e. The summed E-state index contributed by atoms with van der Waals surface area (Å²) in [5.41, 5.74) is 1.71.